The van der Waals surface area contributed by atoms with Crippen molar-refractivity contribution < 1.29 is 33.1 Å². The van der Waals surface area contributed by atoms with Gasteiger partial charge >= 0.3 is 0 Å². The van der Waals surface area contributed by atoms with Gasteiger partial charge in [0.15, 0.2) is 0 Å². The highest BCUT2D eigenvalue weighted by Crippen LogP contribution is 2.51. The van der Waals surface area contributed by atoms with E-state index in [1.807, 2.05) is 24.4 Å². The molecule has 4 aromatic rings. The number of carbonyl (C=O) groups excluding carboxylic acids is 5. The first kappa shape index (κ1) is 39.7. The number of halogens is 1. The molecule has 1 spiro atoms. The first-order chi connectivity index (χ1) is 28.8. The van der Waals surface area contributed by atoms with E-state index in [9.17, 15) is 28.4 Å². The van der Waals surface area contributed by atoms with Gasteiger partial charge in [0.25, 0.3) is 17.7 Å². The van der Waals surface area contributed by atoms with Gasteiger partial charge in [-0.15, -0.1) is 0 Å². The number of imide groups is 2. The van der Waals surface area contributed by atoms with Crippen molar-refractivity contribution in [2.45, 2.75) is 102 Å². The molecule has 4 fully saturated rings. The number of pyridine rings is 1. The fourth-order valence-electron chi connectivity index (χ4n) is 10.1. The Bertz CT molecular complexity index is 2380. The smallest absolute Gasteiger partial charge is 0.274 e. The summed E-state index contributed by atoms with van der Waals surface area (Å²) in [5.74, 6) is -1.31. The number of methoxy groups -OCH3 is 1. The van der Waals surface area contributed by atoms with Crippen molar-refractivity contribution in [3.05, 3.63) is 77.2 Å². The van der Waals surface area contributed by atoms with Crippen molar-refractivity contribution in [2.75, 3.05) is 37.4 Å². The number of aromatic nitrogens is 3. The van der Waals surface area contributed by atoms with E-state index in [1.54, 1.807) is 37.4 Å². The molecular weight excluding hydrogens is 768 g/mol. The Kier molecular flexibility index (Phi) is 10.2. The predicted octanol–water partition coefficient (Wildman–Crippen LogP) is 6.39. The first-order valence-corrected chi connectivity index (χ1v) is 21.2. The summed E-state index contributed by atoms with van der Waals surface area (Å²) in [6.45, 7) is 6.06. The van der Waals surface area contributed by atoms with Crippen LogP contribution in [0.2, 0.25) is 0 Å². The molecule has 3 aliphatic heterocycles. The number of nitrogens with zero attached hydrogens (tertiary/aromatic N) is 5. The van der Waals surface area contributed by atoms with E-state index in [4.69, 9.17) is 9.84 Å². The van der Waals surface area contributed by atoms with Crippen molar-refractivity contribution in [1.82, 2.24) is 29.9 Å². The zero-order valence-corrected chi connectivity index (χ0v) is 34.3. The Balaban J connectivity index is 0.750. The van der Waals surface area contributed by atoms with E-state index in [1.165, 1.54) is 13.8 Å². The zero-order valence-electron chi connectivity index (χ0n) is 34.3. The number of hydrogen-bond donors (Lipinski definition) is 3. The summed E-state index contributed by atoms with van der Waals surface area (Å²) in [6, 6.07) is 13.2. The van der Waals surface area contributed by atoms with Gasteiger partial charge in [0, 0.05) is 42.3 Å². The second-order valence-corrected chi connectivity index (χ2v) is 18.0. The van der Waals surface area contributed by atoms with E-state index in [0.717, 1.165) is 86.8 Å². The molecule has 0 bridgehead atoms. The number of ether oxygens (including phenoxy) is 1. The highest BCUT2D eigenvalue weighted by molar-refractivity contribution is 6.25. The molecule has 15 heteroatoms. The van der Waals surface area contributed by atoms with Crippen LogP contribution in [-0.4, -0.2) is 92.9 Å². The molecule has 5 heterocycles. The number of amides is 5. The predicted molar refractivity (Wildman–Crippen MR) is 221 cm³/mol. The molecule has 2 saturated carbocycles. The van der Waals surface area contributed by atoms with E-state index >= 15 is 0 Å². The van der Waals surface area contributed by atoms with Gasteiger partial charge in [-0.3, -0.25) is 38.9 Å². The number of benzene rings is 2. The third-order valence-electron chi connectivity index (χ3n) is 13.5. The summed E-state index contributed by atoms with van der Waals surface area (Å²) < 4.78 is 22.2. The molecule has 2 aromatic carbocycles. The van der Waals surface area contributed by atoms with Crippen molar-refractivity contribution in [3.8, 4) is 5.75 Å². The SMILES string of the molecule is COc1cc2nn([C@H]3CC[C@H](CN4CCC5(CC4)CC(Nc4cccc6c4C(=O)N(C4CCC(=O)NC4=O)C6=O)C5)CC3)cc2cc1NC(=O)c1cccc(C(C)(C)F)n1. The van der Waals surface area contributed by atoms with Crippen LogP contribution < -0.4 is 20.7 Å². The minimum atomic E-state index is -1.67. The second-order valence-electron chi connectivity index (χ2n) is 18.0. The van der Waals surface area contributed by atoms with Gasteiger partial charge in [-0.25, -0.2) is 9.37 Å². The molecule has 1 atom stereocenters. The van der Waals surface area contributed by atoms with Crippen molar-refractivity contribution in [1.29, 1.82) is 0 Å². The van der Waals surface area contributed by atoms with Gasteiger partial charge in [0.05, 0.1) is 41.2 Å². The third-order valence-corrected chi connectivity index (χ3v) is 13.5. The summed E-state index contributed by atoms with van der Waals surface area (Å²) in [5, 5.41) is 14.5. The number of likely N-dealkylation sites (tertiary alicyclic amines) is 1. The average Bonchev–Trinajstić information content (AvgIpc) is 3.75. The topological polar surface area (TPSA) is 168 Å². The molecule has 0 radical (unpaired) electrons. The standard InChI is InChI=1S/C45H51FN8O6/c1-44(2,46)37-9-5-8-32(48-37)40(56)49-34-20-27-25-53(51-33(27)21-36(34)60-3)29-12-10-26(11-13-29)24-52-18-16-45(17-19-52)22-28(23-45)47-31-7-4-6-30-39(31)43(59)54(42(30)58)35-14-15-38(55)50-41(35)57/h4-9,20-21,25-26,28-29,35,47H,10-19,22-24H2,1-3H3,(H,49,56)(H,50,55,57)/t26-,29-,35?. The minimum Gasteiger partial charge on any atom is -0.494 e. The summed E-state index contributed by atoms with van der Waals surface area (Å²) >= 11 is 0. The third kappa shape index (κ3) is 7.52. The quantitative estimate of drug-likeness (QED) is 0.153. The van der Waals surface area contributed by atoms with Gasteiger partial charge < -0.3 is 20.3 Å². The monoisotopic (exact) mass is 818 g/mol. The Labute approximate surface area is 347 Å². The maximum absolute atomic E-state index is 14.5. The van der Waals surface area contributed by atoms with Crippen LogP contribution in [-0.2, 0) is 15.3 Å². The number of nitrogens with one attached hydrogen (secondary N) is 3. The molecule has 314 valence electrons. The second kappa shape index (κ2) is 15.4. The molecule has 2 aromatic heterocycles. The lowest BCUT2D eigenvalue weighted by molar-refractivity contribution is -0.136. The Morgan fingerprint density at radius 2 is 1.72 bits per heavy atom. The number of piperidine rings is 2. The van der Waals surface area contributed by atoms with Crippen LogP contribution >= 0.6 is 0 Å². The lowest BCUT2D eigenvalue weighted by Crippen LogP contribution is -2.54. The number of carbonyl (C=O) groups is 5. The number of anilines is 2. The highest BCUT2D eigenvalue weighted by Gasteiger charge is 2.48. The van der Waals surface area contributed by atoms with Crippen molar-refractivity contribution in [2.24, 2.45) is 11.3 Å². The summed E-state index contributed by atoms with van der Waals surface area (Å²) in [5.41, 5.74) is 1.44. The van der Waals surface area contributed by atoms with Gasteiger partial charge in [0.2, 0.25) is 11.8 Å². The molecule has 2 saturated heterocycles. The van der Waals surface area contributed by atoms with Crippen LogP contribution in [0.4, 0.5) is 15.8 Å². The molecule has 3 N–H and O–H groups in total. The lowest BCUT2D eigenvalue weighted by Gasteiger charge is -2.53. The molecule has 14 nitrogen and oxygen atoms in total. The van der Waals surface area contributed by atoms with E-state index in [0.29, 0.717) is 34.2 Å². The Hall–Kier alpha value is -5.70. The van der Waals surface area contributed by atoms with E-state index < -0.39 is 41.2 Å². The molecule has 5 amide bonds. The van der Waals surface area contributed by atoms with Crippen LogP contribution in [0.5, 0.6) is 5.75 Å². The van der Waals surface area contributed by atoms with Crippen molar-refractivity contribution in [3.63, 3.8) is 0 Å². The van der Waals surface area contributed by atoms with E-state index in [2.05, 4.69) is 30.5 Å². The molecule has 2 aliphatic carbocycles. The number of fused-ring (bicyclic) bond motifs is 2. The number of hydrogen-bond acceptors (Lipinski definition) is 10. The number of alkyl halides is 1. The maximum atomic E-state index is 14.5. The van der Waals surface area contributed by atoms with Crippen LogP contribution in [0.1, 0.15) is 121 Å². The summed E-state index contributed by atoms with van der Waals surface area (Å²) in [6.07, 6.45) is 10.9. The minimum absolute atomic E-state index is 0.0887. The maximum Gasteiger partial charge on any atom is 0.274 e. The van der Waals surface area contributed by atoms with Gasteiger partial charge in [0.1, 0.15) is 23.2 Å². The van der Waals surface area contributed by atoms with Crippen LogP contribution in [0.3, 0.4) is 0 Å². The van der Waals surface area contributed by atoms with Crippen LogP contribution in [0, 0.1) is 11.3 Å². The van der Waals surface area contributed by atoms with Crippen molar-refractivity contribution >= 4 is 51.8 Å². The van der Waals surface area contributed by atoms with Gasteiger partial charge in [-0.05, 0) is 126 Å². The fourth-order valence-corrected chi connectivity index (χ4v) is 10.1. The van der Waals surface area contributed by atoms with Crippen LogP contribution in [0.15, 0.2) is 54.7 Å². The Morgan fingerprint density at radius 1 is 0.967 bits per heavy atom. The van der Waals surface area contributed by atoms with Gasteiger partial charge in [-0.1, -0.05) is 12.1 Å². The summed E-state index contributed by atoms with van der Waals surface area (Å²) in [4.78, 5) is 72.1. The van der Waals surface area contributed by atoms with Crippen LogP contribution in [0.25, 0.3) is 10.9 Å². The summed E-state index contributed by atoms with van der Waals surface area (Å²) in [7, 11) is 1.55. The molecule has 60 heavy (non-hydrogen) atoms. The van der Waals surface area contributed by atoms with E-state index in [-0.39, 0.29) is 41.7 Å². The Morgan fingerprint density at radius 3 is 2.43 bits per heavy atom. The molecule has 1 unspecified atom stereocenters. The molecule has 5 aliphatic rings. The largest absolute Gasteiger partial charge is 0.494 e. The lowest BCUT2D eigenvalue weighted by atomic mass is 9.60. The highest BCUT2D eigenvalue weighted by atomic mass is 19.1. The average molecular weight is 819 g/mol. The normalized spacial score (nSPS) is 23.4. The first-order valence-electron chi connectivity index (χ1n) is 21.2. The van der Waals surface area contributed by atoms with Gasteiger partial charge in [-0.2, -0.15) is 5.10 Å². The molecule has 9 rings (SSSR count). The fraction of sp³-hybridized carbons (Fsp3) is 0.489. The zero-order chi connectivity index (χ0) is 41.9. The molecular formula is C45H51FN8O6. The number of rotatable bonds is 10.